The second-order valence-electron chi connectivity index (χ2n) is 8.06. The van der Waals surface area contributed by atoms with Crippen molar-refractivity contribution in [3.8, 4) is 11.5 Å². The van der Waals surface area contributed by atoms with E-state index in [4.69, 9.17) is 16.3 Å². The first-order valence-corrected chi connectivity index (χ1v) is 13.0. The summed E-state index contributed by atoms with van der Waals surface area (Å²) in [5, 5.41) is 3.86. The highest BCUT2D eigenvalue weighted by Crippen LogP contribution is 2.32. The molecular formula is C28H21ClN2O4S. The Morgan fingerprint density at radius 1 is 0.833 bits per heavy atom. The van der Waals surface area contributed by atoms with Gasteiger partial charge in [-0.15, -0.1) is 0 Å². The summed E-state index contributed by atoms with van der Waals surface area (Å²) in [6.07, 6.45) is 1.50. The molecule has 8 heteroatoms. The zero-order chi connectivity index (χ0) is 25.1. The Morgan fingerprint density at radius 2 is 1.50 bits per heavy atom. The van der Waals surface area contributed by atoms with Gasteiger partial charge in [-0.25, -0.2) is 8.42 Å². The normalized spacial score (nSPS) is 11.4. The summed E-state index contributed by atoms with van der Waals surface area (Å²) < 4.78 is 34.3. The molecule has 0 unspecified atom stereocenters. The average Bonchev–Trinajstić information content (AvgIpc) is 3.25. The van der Waals surface area contributed by atoms with Gasteiger partial charge in [-0.05, 0) is 54.6 Å². The van der Waals surface area contributed by atoms with Crippen molar-refractivity contribution >= 4 is 43.9 Å². The zero-order valence-electron chi connectivity index (χ0n) is 19.0. The highest BCUT2D eigenvalue weighted by atomic mass is 35.5. The third kappa shape index (κ3) is 4.84. The zero-order valence-corrected chi connectivity index (χ0v) is 20.5. The van der Waals surface area contributed by atoms with E-state index < -0.39 is 9.84 Å². The second kappa shape index (κ2) is 9.89. The van der Waals surface area contributed by atoms with Crippen molar-refractivity contribution in [2.75, 3.05) is 5.32 Å². The van der Waals surface area contributed by atoms with Gasteiger partial charge < -0.3 is 14.6 Å². The van der Waals surface area contributed by atoms with Crippen LogP contribution in [0.5, 0.6) is 11.5 Å². The molecule has 36 heavy (non-hydrogen) atoms. The molecule has 6 nitrogen and oxygen atoms in total. The number of para-hydroxylation sites is 4. The minimum atomic E-state index is -3.83. The molecular weight excluding hydrogens is 496 g/mol. The number of halogens is 1. The molecule has 0 aliphatic heterocycles. The van der Waals surface area contributed by atoms with Crippen LogP contribution < -0.4 is 10.1 Å². The number of sulfone groups is 1. The van der Waals surface area contributed by atoms with Gasteiger partial charge in [0, 0.05) is 22.1 Å². The van der Waals surface area contributed by atoms with E-state index in [1.165, 1.54) is 30.5 Å². The molecule has 1 N–H and O–H groups in total. The first-order valence-electron chi connectivity index (χ1n) is 11.1. The molecule has 0 saturated carbocycles. The van der Waals surface area contributed by atoms with Crippen LogP contribution in [-0.2, 0) is 21.2 Å². The Balaban J connectivity index is 1.43. The lowest BCUT2D eigenvalue weighted by atomic mass is 10.2. The van der Waals surface area contributed by atoms with Crippen LogP contribution >= 0.6 is 11.6 Å². The predicted octanol–water partition coefficient (Wildman–Crippen LogP) is 6.56. The van der Waals surface area contributed by atoms with Gasteiger partial charge in [0.25, 0.3) is 0 Å². The van der Waals surface area contributed by atoms with Crippen LogP contribution in [0.25, 0.3) is 10.9 Å². The summed E-state index contributed by atoms with van der Waals surface area (Å²) in [5.74, 6) is 0.823. The van der Waals surface area contributed by atoms with Crippen molar-refractivity contribution in [2.24, 2.45) is 0 Å². The number of nitrogens with one attached hydrogen (secondary N) is 1. The maximum absolute atomic E-state index is 13.4. The Kier molecular flexibility index (Phi) is 6.50. The van der Waals surface area contributed by atoms with E-state index in [1.807, 2.05) is 36.4 Å². The van der Waals surface area contributed by atoms with Crippen LogP contribution in [-0.4, -0.2) is 18.9 Å². The minimum Gasteiger partial charge on any atom is -0.455 e. The summed E-state index contributed by atoms with van der Waals surface area (Å²) in [7, 11) is -3.83. The number of benzene rings is 4. The van der Waals surface area contributed by atoms with Crippen LogP contribution in [0.3, 0.4) is 0 Å². The summed E-state index contributed by atoms with van der Waals surface area (Å²) in [4.78, 5) is 13.3. The van der Waals surface area contributed by atoms with Crippen molar-refractivity contribution in [3.63, 3.8) is 0 Å². The second-order valence-corrected chi connectivity index (χ2v) is 10.4. The lowest BCUT2D eigenvalue weighted by Crippen LogP contribution is -2.18. The largest absolute Gasteiger partial charge is 0.455 e. The maximum atomic E-state index is 13.4. The Labute approximate surface area is 213 Å². The first-order chi connectivity index (χ1) is 17.4. The Hall–Kier alpha value is -4.07. The van der Waals surface area contributed by atoms with Crippen LogP contribution in [0.2, 0.25) is 5.02 Å². The number of carbonyl (C=O) groups excluding carboxylic acids is 1. The third-order valence-corrected chi connectivity index (χ3v) is 7.66. The topological polar surface area (TPSA) is 77.4 Å². The number of amides is 1. The van der Waals surface area contributed by atoms with Gasteiger partial charge in [0.05, 0.1) is 15.5 Å². The smallest absolute Gasteiger partial charge is 0.244 e. The molecule has 1 aromatic heterocycles. The lowest BCUT2D eigenvalue weighted by molar-refractivity contribution is -0.116. The van der Waals surface area contributed by atoms with Crippen LogP contribution in [0.1, 0.15) is 0 Å². The molecule has 4 aromatic carbocycles. The fraction of sp³-hybridized carbons (Fsp3) is 0.0357. The summed E-state index contributed by atoms with van der Waals surface area (Å²) in [6.45, 7) is -0.0870. The molecule has 0 aliphatic rings. The van der Waals surface area contributed by atoms with Gasteiger partial charge in [-0.2, -0.15) is 0 Å². The molecule has 0 atom stereocenters. The van der Waals surface area contributed by atoms with E-state index in [-0.39, 0.29) is 22.2 Å². The summed E-state index contributed by atoms with van der Waals surface area (Å²) in [5.41, 5.74) is 1.14. The number of rotatable bonds is 7. The maximum Gasteiger partial charge on any atom is 0.244 e. The van der Waals surface area contributed by atoms with E-state index in [2.05, 4.69) is 5.32 Å². The number of nitrogens with zero attached hydrogens (tertiary/aromatic N) is 1. The molecule has 1 amide bonds. The molecule has 0 bridgehead atoms. The highest BCUT2D eigenvalue weighted by Gasteiger charge is 2.24. The fourth-order valence-corrected chi connectivity index (χ4v) is 5.52. The van der Waals surface area contributed by atoms with E-state index in [1.54, 1.807) is 47.0 Å². The van der Waals surface area contributed by atoms with Gasteiger partial charge in [0.15, 0.2) is 5.75 Å². The molecule has 0 radical (unpaired) electrons. The Bertz CT molecular complexity index is 1650. The first kappa shape index (κ1) is 23.7. The molecule has 0 fully saturated rings. The number of hydrogen-bond donors (Lipinski definition) is 1. The molecule has 1 heterocycles. The summed E-state index contributed by atoms with van der Waals surface area (Å²) in [6, 6.07) is 29.5. The van der Waals surface area contributed by atoms with E-state index >= 15 is 0 Å². The molecule has 0 saturated heterocycles. The molecule has 0 spiro atoms. The Morgan fingerprint density at radius 3 is 2.28 bits per heavy atom. The van der Waals surface area contributed by atoms with Gasteiger partial charge in [-0.3, -0.25) is 4.79 Å². The predicted molar refractivity (Wildman–Crippen MR) is 140 cm³/mol. The van der Waals surface area contributed by atoms with E-state index in [0.29, 0.717) is 33.1 Å². The molecule has 5 aromatic rings. The summed E-state index contributed by atoms with van der Waals surface area (Å²) >= 11 is 5.93. The SMILES string of the molecule is O=C(Cn1cc(S(=O)(=O)c2ccc(Cl)cc2)c2ccccc21)Nc1ccccc1Oc1ccccc1. The monoisotopic (exact) mass is 516 g/mol. The van der Waals surface area contributed by atoms with E-state index in [9.17, 15) is 13.2 Å². The minimum absolute atomic E-state index is 0.0870. The fourth-order valence-electron chi connectivity index (χ4n) is 3.92. The van der Waals surface area contributed by atoms with Crippen LogP contribution in [0, 0.1) is 0 Å². The van der Waals surface area contributed by atoms with Gasteiger partial charge in [-0.1, -0.05) is 60.1 Å². The molecule has 0 aliphatic carbocycles. The van der Waals surface area contributed by atoms with Crippen molar-refractivity contribution in [1.29, 1.82) is 0 Å². The van der Waals surface area contributed by atoms with Gasteiger partial charge in [0.2, 0.25) is 15.7 Å². The third-order valence-electron chi connectivity index (χ3n) is 5.61. The van der Waals surface area contributed by atoms with Gasteiger partial charge in [0.1, 0.15) is 12.3 Å². The van der Waals surface area contributed by atoms with Crippen molar-refractivity contribution in [2.45, 2.75) is 16.3 Å². The number of ether oxygens (including phenoxy) is 1. The lowest BCUT2D eigenvalue weighted by Gasteiger charge is -2.13. The van der Waals surface area contributed by atoms with Crippen molar-refractivity contribution in [3.05, 3.63) is 114 Å². The number of fused-ring (bicyclic) bond motifs is 1. The number of hydrogen-bond acceptors (Lipinski definition) is 4. The molecule has 5 rings (SSSR count). The molecule has 180 valence electrons. The number of carbonyl (C=O) groups is 1. The number of anilines is 1. The average molecular weight is 517 g/mol. The van der Waals surface area contributed by atoms with Crippen LogP contribution in [0.4, 0.5) is 5.69 Å². The highest BCUT2D eigenvalue weighted by molar-refractivity contribution is 7.91. The quantitative estimate of drug-likeness (QED) is 0.266. The van der Waals surface area contributed by atoms with Crippen molar-refractivity contribution in [1.82, 2.24) is 4.57 Å². The van der Waals surface area contributed by atoms with Gasteiger partial charge >= 0.3 is 0 Å². The number of aromatic nitrogens is 1. The standard InChI is InChI=1S/C28H21ClN2O4S/c29-20-14-16-22(17-15-20)36(33,34)27-18-31(25-12-6-4-10-23(25)27)19-28(32)30-24-11-5-7-13-26(24)35-21-8-2-1-3-9-21/h1-18H,19H2,(H,30,32). The van der Waals surface area contributed by atoms with Crippen LogP contribution in [0.15, 0.2) is 119 Å². The van der Waals surface area contributed by atoms with E-state index in [0.717, 1.165) is 0 Å². The van der Waals surface area contributed by atoms with Crippen molar-refractivity contribution < 1.29 is 17.9 Å².